The van der Waals surface area contributed by atoms with Crippen LogP contribution < -0.4 is 0 Å². The predicted molar refractivity (Wildman–Crippen MR) is 73.3 cm³/mol. The molecule has 2 heteroatoms. The SMILES string of the molecule is C=CC(C)CC(=C(C#N)C#N)c1ccc(C)cc1. The molecule has 1 aromatic carbocycles. The van der Waals surface area contributed by atoms with Crippen molar-refractivity contribution in [2.45, 2.75) is 20.3 Å². The summed E-state index contributed by atoms with van der Waals surface area (Å²) < 4.78 is 0. The second-order valence-corrected chi connectivity index (χ2v) is 4.36. The molecule has 2 nitrogen and oxygen atoms in total. The van der Waals surface area contributed by atoms with Crippen molar-refractivity contribution in [1.29, 1.82) is 10.5 Å². The summed E-state index contributed by atoms with van der Waals surface area (Å²) in [5.74, 6) is 0.234. The Balaban J connectivity index is 3.26. The van der Waals surface area contributed by atoms with E-state index in [2.05, 4.69) is 6.58 Å². The minimum atomic E-state index is 0.188. The number of aryl methyl sites for hydroxylation is 1. The molecule has 0 aliphatic heterocycles. The second kappa shape index (κ2) is 6.42. The smallest absolute Gasteiger partial charge is 0.133 e. The van der Waals surface area contributed by atoms with Crippen molar-refractivity contribution < 1.29 is 0 Å². The standard InChI is InChI=1S/C16H16N2/c1-4-12(2)9-16(15(10-17)11-18)14-7-5-13(3)6-8-14/h4-8,12H,1,9H2,2-3H3. The normalized spacial score (nSPS) is 10.9. The van der Waals surface area contributed by atoms with Gasteiger partial charge in [-0.2, -0.15) is 10.5 Å². The monoisotopic (exact) mass is 236 g/mol. The number of nitrogens with zero attached hydrogens (tertiary/aromatic N) is 2. The molecule has 0 saturated heterocycles. The Bertz CT molecular complexity index is 520. The van der Waals surface area contributed by atoms with Crippen LogP contribution >= 0.6 is 0 Å². The van der Waals surface area contributed by atoms with Crippen LogP contribution in [-0.4, -0.2) is 0 Å². The van der Waals surface area contributed by atoms with Crippen molar-refractivity contribution in [2.24, 2.45) is 5.92 Å². The summed E-state index contributed by atoms with van der Waals surface area (Å²) in [7, 11) is 0. The summed E-state index contributed by atoms with van der Waals surface area (Å²) in [6, 6.07) is 11.8. The molecule has 0 saturated carbocycles. The van der Waals surface area contributed by atoms with Gasteiger partial charge in [-0.15, -0.1) is 6.58 Å². The molecule has 18 heavy (non-hydrogen) atoms. The molecule has 0 bridgehead atoms. The highest BCUT2D eigenvalue weighted by molar-refractivity contribution is 5.75. The maximum absolute atomic E-state index is 9.04. The molecule has 0 spiro atoms. The minimum absolute atomic E-state index is 0.188. The molecule has 0 fully saturated rings. The van der Waals surface area contributed by atoms with Crippen molar-refractivity contribution in [3.63, 3.8) is 0 Å². The molecule has 0 heterocycles. The summed E-state index contributed by atoms with van der Waals surface area (Å²) in [6.45, 7) is 7.77. The lowest BCUT2D eigenvalue weighted by atomic mass is 9.91. The molecule has 0 aromatic heterocycles. The van der Waals surface area contributed by atoms with Gasteiger partial charge in [0.25, 0.3) is 0 Å². The number of allylic oxidation sites excluding steroid dienone is 3. The number of hydrogen-bond acceptors (Lipinski definition) is 2. The largest absolute Gasteiger partial charge is 0.192 e. The van der Waals surface area contributed by atoms with E-state index in [1.165, 1.54) is 0 Å². The third-order valence-electron chi connectivity index (χ3n) is 2.85. The first kappa shape index (κ1) is 13.7. The summed E-state index contributed by atoms with van der Waals surface area (Å²) in [6.07, 6.45) is 2.49. The number of benzene rings is 1. The third-order valence-corrected chi connectivity index (χ3v) is 2.85. The quantitative estimate of drug-likeness (QED) is 0.585. The van der Waals surface area contributed by atoms with Crippen LogP contribution in [0, 0.1) is 35.5 Å². The third kappa shape index (κ3) is 3.34. The fraction of sp³-hybridized carbons (Fsp3) is 0.250. The van der Waals surface area contributed by atoms with Gasteiger partial charge in [0.2, 0.25) is 0 Å². The predicted octanol–water partition coefficient (Wildman–Crippen LogP) is 4.01. The lowest BCUT2D eigenvalue weighted by molar-refractivity contribution is 0.757. The highest BCUT2D eigenvalue weighted by Gasteiger charge is 2.11. The average molecular weight is 236 g/mol. The zero-order valence-electron chi connectivity index (χ0n) is 10.8. The van der Waals surface area contributed by atoms with Gasteiger partial charge in [0, 0.05) is 0 Å². The van der Waals surface area contributed by atoms with E-state index < -0.39 is 0 Å². The molecule has 1 atom stereocenters. The summed E-state index contributed by atoms with van der Waals surface area (Å²) >= 11 is 0. The van der Waals surface area contributed by atoms with Gasteiger partial charge in [-0.25, -0.2) is 0 Å². The van der Waals surface area contributed by atoms with Crippen LogP contribution in [0.25, 0.3) is 5.57 Å². The first-order chi connectivity index (χ1) is 8.62. The molecule has 1 aromatic rings. The Kier molecular flexibility index (Phi) is 4.90. The van der Waals surface area contributed by atoms with E-state index >= 15 is 0 Å². The van der Waals surface area contributed by atoms with Crippen LogP contribution in [0.2, 0.25) is 0 Å². The number of nitriles is 2. The highest BCUT2D eigenvalue weighted by atomic mass is 14.3. The fourth-order valence-corrected chi connectivity index (χ4v) is 1.68. The van der Waals surface area contributed by atoms with E-state index in [0.717, 1.165) is 16.7 Å². The van der Waals surface area contributed by atoms with Gasteiger partial charge in [0.1, 0.15) is 17.7 Å². The van der Waals surface area contributed by atoms with E-state index in [0.29, 0.717) is 6.42 Å². The Morgan fingerprint density at radius 2 is 1.83 bits per heavy atom. The summed E-state index contributed by atoms with van der Waals surface area (Å²) in [5, 5.41) is 18.1. The maximum atomic E-state index is 9.04. The van der Waals surface area contributed by atoms with Crippen LogP contribution in [0.1, 0.15) is 24.5 Å². The molecule has 0 aliphatic rings. The van der Waals surface area contributed by atoms with Crippen LogP contribution in [0.5, 0.6) is 0 Å². The van der Waals surface area contributed by atoms with E-state index in [4.69, 9.17) is 10.5 Å². The van der Waals surface area contributed by atoms with Gasteiger partial charge in [0.05, 0.1) is 0 Å². The van der Waals surface area contributed by atoms with Crippen molar-refractivity contribution in [2.75, 3.05) is 0 Å². The molecule has 0 aliphatic carbocycles. The first-order valence-electron chi connectivity index (χ1n) is 5.85. The molecule has 0 radical (unpaired) electrons. The zero-order valence-corrected chi connectivity index (χ0v) is 10.8. The van der Waals surface area contributed by atoms with Crippen molar-refractivity contribution in [1.82, 2.24) is 0 Å². The van der Waals surface area contributed by atoms with Gasteiger partial charge < -0.3 is 0 Å². The Hall–Kier alpha value is -2.32. The number of rotatable bonds is 4. The van der Waals surface area contributed by atoms with Crippen molar-refractivity contribution >= 4 is 5.57 Å². The Morgan fingerprint density at radius 3 is 2.28 bits per heavy atom. The molecule has 0 N–H and O–H groups in total. The van der Waals surface area contributed by atoms with Gasteiger partial charge >= 0.3 is 0 Å². The van der Waals surface area contributed by atoms with E-state index in [9.17, 15) is 0 Å². The lowest BCUT2D eigenvalue weighted by Crippen LogP contribution is -1.96. The zero-order chi connectivity index (χ0) is 13.5. The van der Waals surface area contributed by atoms with Gasteiger partial charge in [-0.3, -0.25) is 0 Å². The maximum Gasteiger partial charge on any atom is 0.133 e. The average Bonchev–Trinajstić information content (AvgIpc) is 2.39. The van der Waals surface area contributed by atoms with Gasteiger partial charge in [-0.1, -0.05) is 42.8 Å². The topological polar surface area (TPSA) is 47.6 Å². The molecule has 1 rings (SSSR count). The summed E-state index contributed by atoms with van der Waals surface area (Å²) in [4.78, 5) is 0. The molecule has 1 unspecified atom stereocenters. The fourth-order valence-electron chi connectivity index (χ4n) is 1.68. The second-order valence-electron chi connectivity index (χ2n) is 4.36. The lowest BCUT2D eigenvalue weighted by Gasteiger charge is -2.11. The first-order valence-corrected chi connectivity index (χ1v) is 5.85. The summed E-state index contributed by atoms with van der Waals surface area (Å²) in [5.41, 5.74) is 3.08. The molecule has 90 valence electrons. The van der Waals surface area contributed by atoms with Crippen LogP contribution in [-0.2, 0) is 0 Å². The van der Waals surface area contributed by atoms with Gasteiger partial charge in [0.15, 0.2) is 0 Å². The van der Waals surface area contributed by atoms with E-state index in [1.54, 1.807) is 0 Å². The Labute approximate surface area is 108 Å². The molecular formula is C16H16N2. The van der Waals surface area contributed by atoms with E-state index in [1.807, 2.05) is 56.3 Å². The van der Waals surface area contributed by atoms with E-state index in [-0.39, 0.29) is 11.5 Å². The number of hydrogen-bond donors (Lipinski definition) is 0. The van der Waals surface area contributed by atoms with Crippen LogP contribution in [0.15, 0.2) is 42.5 Å². The van der Waals surface area contributed by atoms with Crippen molar-refractivity contribution in [3.05, 3.63) is 53.6 Å². The Morgan fingerprint density at radius 1 is 1.28 bits per heavy atom. The highest BCUT2D eigenvalue weighted by Crippen LogP contribution is 2.26. The molecule has 0 amide bonds. The molecular weight excluding hydrogens is 220 g/mol. The minimum Gasteiger partial charge on any atom is -0.192 e. The van der Waals surface area contributed by atoms with Crippen LogP contribution in [0.3, 0.4) is 0 Å². The van der Waals surface area contributed by atoms with Gasteiger partial charge in [-0.05, 0) is 30.4 Å². The van der Waals surface area contributed by atoms with Crippen LogP contribution in [0.4, 0.5) is 0 Å². The van der Waals surface area contributed by atoms with Crippen molar-refractivity contribution in [3.8, 4) is 12.1 Å².